The van der Waals surface area contributed by atoms with Crippen LogP contribution >= 0.6 is 0 Å². The summed E-state index contributed by atoms with van der Waals surface area (Å²) in [6.45, 7) is 2.29. The zero-order valence-electron chi connectivity index (χ0n) is 7.82. The Morgan fingerprint density at radius 3 is 2.93 bits per heavy atom. The summed E-state index contributed by atoms with van der Waals surface area (Å²) in [5.41, 5.74) is 0. The second-order valence-corrected chi connectivity index (χ2v) is 5.96. The maximum absolute atomic E-state index is 11.5. The minimum atomic E-state index is -0.494. The van der Waals surface area contributed by atoms with Gasteiger partial charge in [0.2, 0.25) is 0 Å². The molecule has 2 rings (SSSR count). The number of rotatable bonds is 2. The van der Waals surface area contributed by atoms with Crippen LogP contribution in [0.4, 0.5) is 0 Å². The molecule has 1 heterocycles. The number of hydrogen-bond donors (Lipinski definition) is 0. The fraction of sp³-hybridized carbons (Fsp3) is 0.182. The molecule has 0 saturated carbocycles. The van der Waals surface area contributed by atoms with Gasteiger partial charge in [-0.1, -0.05) is 0 Å². The summed E-state index contributed by atoms with van der Waals surface area (Å²) in [4.78, 5) is 11.5. The number of esters is 1. The van der Waals surface area contributed by atoms with Crippen LogP contribution in [0, 0.1) is 0 Å². The quantitative estimate of drug-likeness (QED) is 0.627. The second-order valence-electron chi connectivity index (χ2n) is 2.87. The van der Waals surface area contributed by atoms with Gasteiger partial charge in [-0.3, -0.25) is 0 Å². The molecule has 1 aromatic carbocycles. The average molecular weight is 302 g/mol. The van der Waals surface area contributed by atoms with Gasteiger partial charge in [0, 0.05) is 0 Å². The van der Waals surface area contributed by atoms with E-state index in [1.807, 2.05) is 31.2 Å². The summed E-state index contributed by atoms with van der Waals surface area (Å²) in [6, 6.07) is 10.1. The first-order valence-corrected chi connectivity index (χ1v) is 6.80. The second kappa shape index (κ2) is 4.16. The van der Waals surface area contributed by atoms with Crippen molar-refractivity contribution in [3.05, 3.63) is 33.9 Å². The topological polar surface area (TPSA) is 26.3 Å². The van der Waals surface area contributed by atoms with Crippen LogP contribution in [0.2, 0.25) is 0 Å². The summed E-state index contributed by atoms with van der Waals surface area (Å²) < 4.78 is 7.20. The molecule has 0 atom stereocenters. The molecule has 0 amide bonds. The third-order valence-electron chi connectivity index (χ3n) is 1.90. The SMILES string of the molecule is CCOC(=O)c1cc2ccccc2[te]1. The van der Waals surface area contributed by atoms with Crippen molar-refractivity contribution in [3.8, 4) is 0 Å². The van der Waals surface area contributed by atoms with Crippen LogP contribution in [0.5, 0.6) is 0 Å². The molecule has 0 unspecified atom stereocenters. The van der Waals surface area contributed by atoms with Gasteiger partial charge in [0.25, 0.3) is 0 Å². The molecule has 0 radical (unpaired) electrons. The first kappa shape index (κ1) is 9.76. The van der Waals surface area contributed by atoms with E-state index in [9.17, 15) is 4.79 Å². The molecule has 2 nitrogen and oxygen atoms in total. The zero-order valence-corrected chi connectivity index (χ0v) is 10.1. The first-order chi connectivity index (χ1) is 6.81. The van der Waals surface area contributed by atoms with E-state index in [-0.39, 0.29) is 5.97 Å². The van der Waals surface area contributed by atoms with Crippen LogP contribution in [0.15, 0.2) is 30.3 Å². The van der Waals surface area contributed by atoms with Crippen molar-refractivity contribution in [2.45, 2.75) is 6.92 Å². The third-order valence-corrected chi connectivity index (χ3v) is 5.03. The summed E-state index contributed by atoms with van der Waals surface area (Å²) in [5, 5.41) is 1.19. The van der Waals surface area contributed by atoms with Crippen LogP contribution in [0.1, 0.15) is 15.3 Å². The van der Waals surface area contributed by atoms with Crippen LogP contribution in [-0.4, -0.2) is 33.0 Å². The van der Waals surface area contributed by atoms with Gasteiger partial charge in [0.15, 0.2) is 0 Å². The van der Waals surface area contributed by atoms with Crippen molar-refractivity contribution in [3.63, 3.8) is 0 Å². The molecule has 72 valence electrons. The number of benzene rings is 1. The fourth-order valence-corrected chi connectivity index (χ4v) is 4.01. The predicted octanol–water partition coefficient (Wildman–Crippen LogP) is 2.07. The number of fused-ring (bicyclic) bond motifs is 1. The number of ether oxygens (including phenoxy) is 1. The molecule has 0 saturated heterocycles. The third kappa shape index (κ3) is 1.84. The molecule has 1 aromatic heterocycles. The van der Waals surface area contributed by atoms with Crippen LogP contribution in [0.25, 0.3) is 8.79 Å². The van der Waals surface area contributed by atoms with Crippen LogP contribution < -0.4 is 0 Å². The van der Waals surface area contributed by atoms with Gasteiger partial charge < -0.3 is 0 Å². The number of carbonyl (C=O) groups is 1. The van der Waals surface area contributed by atoms with Crippen molar-refractivity contribution >= 4 is 35.2 Å². The molecular weight excluding hydrogens is 292 g/mol. The van der Waals surface area contributed by atoms with E-state index in [2.05, 4.69) is 6.07 Å². The molecule has 0 aliphatic carbocycles. The summed E-state index contributed by atoms with van der Waals surface area (Å²) in [5.74, 6) is -0.133. The van der Waals surface area contributed by atoms with E-state index >= 15 is 0 Å². The molecule has 0 fully saturated rings. The Bertz CT molecular complexity index is 426. The van der Waals surface area contributed by atoms with E-state index in [1.165, 1.54) is 8.79 Å². The predicted molar refractivity (Wildman–Crippen MR) is 56.8 cm³/mol. The van der Waals surface area contributed by atoms with E-state index in [4.69, 9.17) is 4.74 Å². The Kier molecular flexibility index (Phi) is 2.90. The molecule has 14 heavy (non-hydrogen) atoms. The van der Waals surface area contributed by atoms with Gasteiger partial charge >= 0.3 is 92.2 Å². The van der Waals surface area contributed by atoms with E-state index < -0.39 is 20.4 Å². The van der Waals surface area contributed by atoms with E-state index in [0.717, 1.165) is 3.58 Å². The van der Waals surface area contributed by atoms with Crippen molar-refractivity contribution < 1.29 is 9.53 Å². The van der Waals surface area contributed by atoms with Crippen molar-refractivity contribution in [2.75, 3.05) is 6.61 Å². The molecular formula is C11H10O2Te. The van der Waals surface area contributed by atoms with Crippen molar-refractivity contribution in [1.82, 2.24) is 0 Å². The summed E-state index contributed by atoms with van der Waals surface area (Å²) in [7, 11) is 0. The Morgan fingerprint density at radius 1 is 1.43 bits per heavy atom. The van der Waals surface area contributed by atoms with E-state index in [0.29, 0.717) is 6.61 Å². The number of hydrogen-bond acceptors (Lipinski definition) is 2. The van der Waals surface area contributed by atoms with Crippen LogP contribution in [-0.2, 0) is 4.74 Å². The Balaban J connectivity index is 2.40. The molecule has 3 heteroatoms. The van der Waals surface area contributed by atoms with Gasteiger partial charge in [0.1, 0.15) is 0 Å². The molecule has 0 aliphatic rings. The van der Waals surface area contributed by atoms with Gasteiger partial charge in [-0.25, -0.2) is 0 Å². The van der Waals surface area contributed by atoms with Gasteiger partial charge in [-0.05, 0) is 0 Å². The van der Waals surface area contributed by atoms with Crippen LogP contribution in [0.3, 0.4) is 0 Å². The molecule has 2 aromatic rings. The Labute approximate surface area is 92.1 Å². The molecule has 0 bridgehead atoms. The standard InChI is InChI=1S/C11H10O2Te/c1-2-13-11(12)10-7-8-5-3-4-6-9(8)14-10/h3-7H,2H2,1H3. The Morgan fingerprint density at radius 2 is 2.21 bits per heavy atom. The molecule has 0 N–H and O–H groups in total. The van der Waals surface area contributed by atoms with Gasteiger partial charge in [0.05, 0.1) is 0 Å². The first-order valence-electron chi connectivity index (χ1n) is 4.47. The monoisotopic (exact) mass is 304 g/mol. The minimum absolute atomic E-state index is 0.133. The average Bonchev–Trinajstić information content (AvgIpc) is 2.61. The van der Waals surface area contributed by atoms with Crippen molar-refractivity contribution in [2.24, 2.45) is 0 Å². The summed E-state index contributed by atoms with van der Waals surface area (Å²) in [6.07, 6.45) is 0. The van der Waals surface area contributed by atoms with Gasteiger partial charge in [-0.2, -0.15) is 0 Å². The molecule has 0 spiro atoms. The zero-order chi connectivity index (χ0) is 9.97. The number of carbonyl (C=O) groups excluding carboxylic acids is 1. The fourth-order valence-electron chi connectivity index (χ4n) is 1.28. The van der Waals surface area contributed by atoms with E-state index in [1.54, 1.807) is 0 Å². The maximum atomic E-state index is 11.5. The van der Waals surface area contributed by atoms with Gasteiger partial charge in [-0.15, -0.1) is 0 Å². The van der Waals surface area contributed by atoms with Crippen molar-refractivity contribution in [1.29, 1.82) is 0 Å². The normalized spacial score (nSPS) is 10.4. The Hall–Kier alpha value is -0.780. The molecule has 0 aliphatic heterocycles. The summed E-state index contributed by atoms with van der Waals surface area (Å²) >= 11 is -0.494.